The van der Waals surface area contributed by atoms with Crippen LogP contribution in [0.2, 0.25) is 0 Å². The van der Waals surface area contributed by atoms with Gasteiger partial charge in [-0.2, -0.15) is 5.26 Å². The van der Waals surface area contributed by atoms with Crippen molar-refractivity contribution in [2.75, 3.05) is 0 Å². The average molecular weight is 258 g/mol. The second-order valence-corrected chi connectivity index (χ2v) is 3.10. The Kier molecular flexibility index (Phi) is 8.62. The normalized spacial score (nSPS) is 18.8. The third kappa shape index (κ3) is 7.71. The van der Waals surface area contributed by atoms with Gasteiger partial charge in [0, 0.05) is 6.92 Å². The van der Waals surface area contributed by atoms with E-state index in [4.69, 9.17) is 25.7 Å². The first-order valence-corrected chi connectivity index (χ1v) is 4.34. The number of aliphatic hydroxyl groups excluding tert-OH is 3. The number of carbonyl (C=O) groups is 2. The molecule has 3 unspecified atom stereocenters. The summed E-state index contributed by atoms with van der Waals surface area (Å²) in [4.78, 5) is 22.3. The van der Waals surface area contributed by atoms with Crippen molar-refractivity contribution in [3.63, 3.8) is 0 Å². The first-order valence-electron chi connectivity index (χ1n) is 4.34. The van der Waals surface area contributed by atoms with Gasteiger partial charge in [0.05, 0.1) is 6.10 Å². The summed E-state index contributed by atoms with van der Waals surface area (Å²) >= 11 is 0. The van der Waals surface area contributed by atoms with Crippen LogP contribution in [0, 0.1) is 0 Å². The van der Waals surface area contributed by atoms with Gasteiger partial charge in [0.1, 0.15) is 12.2 Å². The van der Waals surface area contributed by atoms with E-state index in [-0.39, 0.29) is 0 Å². The molecule has 5 N–H and O–H groups in total. The summed E-state index contributed by atoms with van der Waals surface area (Å²) in [5.74, 6) is -4.22. The van der Waals surface area contributed by atoms with Crippen LogP contribution < -0.4 is 0 Å². The van der Waals surface area contributed by atoms with Crippen molar-refractivity contribution in [1.82, 2.24) is 0 Å². The molecule has 0 saturated carbocycles. The zero-order valence-corrected chi connectivity index (χ0v) is 9.15. The molecule has 0 fully saturated rings. The minimum Gasteiger partial charge on any atom is -0.391 e. The van der Waals surface area contributed by atoms with E-state index in [1.165, 1.54) is 0 Å². The van der Waals surface area contributed by atoms with Crippen LogP contribution in [0.15, 0.2) is 0 Å². The lowest BCUT2D eigenvalue weighted by molar-refractivity contribution is -0.231. The highest BCUT2D eigenvalue weighted by Gasteiger charge is 2.41. The summed E-state index contributed by atoms with van der Waals surface area (Å²) in [6.45, 7) is 2.19. The lowest BCUT2D eigenvalue weighted by Gasteiger charge is -2.25. The fourth-order valence-electron chi connectivity index (χ4n) is 0.573. The molecule has 0 bridgehead atoms. The highest BCUT2D eigenvalue weighted by Crippen LogP contribution is 2.14. The van der Waals surface area contributed by atoms with Crippen LogP contribution in [0.5, 0.6) is 0 Å². The Hall–Kier alpha value is -1.13. The largest absolute Gasteiger partial charge is 0.391 e. The van der Waals surface area contributed by atoms with Crippen molar-refractivity contribution in [3.05, 3.63) is 0 Å². The van der Waals surface area contributed by atoms with E-state index in [2.05, 4.69) is 4.89 Å². The third-order valence-electron chi connectivity index (χ3n) is 1.53. The van der Waals surface area contributed by atoms with Crippen LogP contribution >= 0.6 is 0 Å². The van der Waals surface area contributed by atoms with Gasteiger partial charge in [0.25, 0.3) is 5.85 Å². The quantitative estimate of drug-likeness (QED) is 0.220. The van der Waals surface area contributed by atoms with Gasteiger partial charge in [-0.3, -0.25) is 4.79 Å². The molecule has 0 aliphatic heterocycles. The molecule has 0 aliphatic rings. The van der Waals surface area contributed by atoms with Gasteiger partial charge in [-0.15, -0.1) is 0 Å². The van der Waals surface area contributed by atoms with Crippen molar-refractivity contribution in [1.29, 1.82) is 0 Å². The van der Waals surface area contributed by atoms with Gasteiger partial charge < -0.3 is 25.3 Å². The minimum atomic E-state index is -3.53. The van der Waals surface area contributed by atoms with Crippen molar-refractivity contribution < 1.29 is 44.6 Å². The van der Waals surface area contributed by atoms with Crippen LogP contribution in [0.4, 0.5) is 4.39 Å². The van der Waals surface area contributed by atoms with Crippen molar-refractivity contribution in [2.24, 2.45) is 0 Å². The van der Waals surface area contributed by atoms with E-state index in [1.807, 2.05) is 0 Å². The molecule has 17 heavy (non-hydrogen) atoms. The number of hydrogen-bond acceptors (Lipinski definition) is 8. The predicted octanol–water partition coefficient (Wildman–Crippen LogP) is -2.03. The lowest BCUT2D eigenvalue weighted by Crippen LogP contribution is -2.50. The van der Waals surface area contributed by atoms with Crippen LogP contribution in [-0.2, 0) is 14.5 Å². The molecule has 0 heterocycles. The fraction of sp³-hybridized carbons (Fsp3) is 0.750. The summed E-state index contributed by atoms with van der Waals surface area (Å²) < 4.78 is 12.5. The summed E-state index contributed by atoms with van der Waals surface area (Å²) in [5.41, 5.74) is 0. The molecular weight excluding hydrogens is 243 g/mol. The molecule has 0 rings (SSSR count). The Morgan fingerprint density at radius 1 is 1.41 bits per heavy atom. The van der Waals surface area contributed by atoms with E-state index in [0.717, 1.165) is 13.8 Å². The molecular formula is C8H15FO8. The molecule has 8 nitrogen and oxygen atoms in total. The topological polar surface area (TPSA) is 145 Å². The monoisotopic (exact) mass is 258 g/mol. The molecule has 0 amide bonds. The van der Waals surface area contributed by atoms with E-state index >= 15 is 0 Å². The molecule has 0 saturated heterocycles. The summed E-state index contributed by atoms with van der Waals surface area (Å²) in [5, 5.41) is 41.9. The van der Waals surface area contributed by atoms with E-state index in [9.17, 15) is 14.0 Å². The van der Waals surface area contributed by atoms with Gasteiger partial charge in [-0.1, -0.05) is 0 Å². The van der Waals surface area contributed by atoms with Gasteiger partial charge in [0.2, 0.25) is 0 Å². The first kappa shape index (κ1) is 18.2. The van der Waals surface area contributed by atoms with E-state index in [1.54, 1.807) is 0 Å². The highest BCUT2D eigenvalue weighted by atomic mass is 19.2. The Balaban J connectivity index is 0. The molecule has 9 heteroatoms. The third-order valence-corrected chi connectivity index (χ3v) is 1.53. The molecule has 0 aromatic rings. The van der Waals surface area contributed by atoms with E-state index < -0.39 is 36.4 Å². The Bertz CT molecular complexity index is 242. The smallest absolute Gasteiger partial charge is 0.339 e. The first-order chi connectivity index (χ1) is 7.60. The zero-order valence-electron chi connectivity index (χ0n) is 9.15. The second-order valence-electron chi connectivity index (χ2n) is 3.10. The minimum absolute atomic E-state index is 0.552. The Labute approximate surface area is 95.8 Å². The highest BCUT2D eigenvalue weighted by molar-refractivity contribution is 5.64. The maximum Gasteiger partial charge on any atom is 0.339 e. The number of carbonyl (C=O) groups excluding carboxylic acids is 2. The van der Waals surface area contributed by atoms with Gasteiger partial charge >= 0.3 is 5.97 Å². The molecule has 0 aromatic heterocycles. The molecule has 0 aromatic carbocycles. The van der Waals surface area contributed by atoms with Crippen LogP contribution in [0.3, 0.4) is 0 Å². The number of halogens is 1. The number of aliphatic hydroxyl groups is 4. The second kappa shape index (κ2) is 8.03. The molecule has 4 atom stereocenters. The summed E-state index contributed by atoms with van der Waals surface area (Å²) in [7, 11) is 0. The number of rotatable bonds is 4. The zero-order chi connectivity index (χ0) is 14.2. The van der Waals surface area contributed by atoms with Crippen LogP contribution in [0.25, 0.3) is 0 Å². The lowest BCUT2D eigenvalue weighted by atomic mass is 10.0. The maximum absolute atomic E-state index is 12.5. The SMILES string of the molecule is CC(=O)OO.CC(O)C(O)C(O)[C@@](O)(F)C=O. The molecule has 0 radical (unpaired) electrons. The van der Waals surface area contributed by atoms with Crippen LogP contribution in [0.1, 0.15) is 13.8 Å². The number of alkyl halides is 1. The van der Waals surface area contributed by atoms with Crippen molar-refractivity contribution in [2.45, 2.75) is 38.0 Å². The summed E-state index contributed by atoms with van der Waals surface area (Å²) in [6, 6.07) is 0. The van der Waals surface area contributed by atoms with Crippen molar-refractivity contribution >= 4 is 12.3 Å². The number of hydrogen-bond donors (Lipinski definition) is 5. The molecule has 102 valence electrons. The standard InChI is InChI=1S/C6H11FO5.C2H4O3/c1-3(9)4(10)5(11)6(7,12)2-8;1-2(3)5-4/h2-5,9-12H,1H3;4H,1H3/t3?,4?,5?,6-;/m1./s1. The van der Waals surface area contributed by atoms with Crippen LogP contribution in [-0.4, -0.2) is 62.1 Å². The van der Waals surface area contributed by atoms with Gasteiger partial charge in [-0.05, 0) is 6.92 Å². The molecule has 0 spiro atoms. The fourth-order valence-corrected chi connectivity index (χ4v) is 0.573. The van der Waals surface area contributed by atoms with Gasteiger partial charge in [0.15, 0.2) is 6.29 Å². The predicted molar refractivity (Wildman–Crippen MR) is 50.2 cm³/mol. The Morgan fingerprint density at radius 3 is 1.94 bits per heavy atom. The van der Waals surface area contributed by atoms with Gasteiger partial charge in [-0.25, -0.2) is 9.18 Å². The number of aldehydes is 1. The van der Waals surface area contributed by atoms with E-state index in [0.29, 0.717) is 0 Å². The average Bonchev–Trinajstić information content (AvgIpc) is 2.27. The molecule has 0 aliphatic carbocycles. The summed E-state index contributed by atoms with van der Waals surface area (Å²) in [6.07, 6.45) is -6.26. The Morgan fingerprint density at radius 2 is 1.76 bits per heavy atom. The maximum atomic E-state index is 12.5. The van der Waals surface area contributed by atoms with Crippen molar-refractivity contribution in [3.8, 4) is 0 Å².